The maximum Gasteiger partial charge on any atom is 0.272 e. The first-order chi connectivity index (χ1) is 13.1. The van der Waals surface area contributed by atoms with Crippen LogP contribution in [-0.2, 0) is 0 Å². The second-order valence-electron chi connectivity index (χ2n) is 6.46. The maximum atomic E-state index is 13.4. The molecule has 2 aromatic heterocycles. The third-order valence-corrected chi connectivity index (χ3v) is 4.66. The molecule has 1 aromatic carbocycles. The molecule has 3 aromatic rings. The summed E-state index contributed by atoms with van der Waals surface area (Å²) in [5.74, 6) is 0.326. The molecule has 0 unspecified atom stereocenters. The number of aromatic amines is 1. The van der Waals surface area contributed by atoms with E-state index in [1.807, 2.05) is 0 Å². The number of hydrogen-bond donors (Lipinski definition) is 1. The van der Waals surface area contributed by atoms with E-state index in [2.05, 4.69) is 25.1 Å². The van der Waals surface area contributed by atoms with E-state index in [0.717, 1.165) is 5.56 Å². The van der Waals surface area contributed by atoms with Crippen LogP contribution in [-0.4, -0.2) is 57.2 Å². The van der Waals surface area contributed by atoms with Gasteiger partial charge >= 0.3 is 0 Å². The number of rotatable bonds is 3. The van der Waals surface area contributed by atoms with Gasteiger partial charge in [-0.1, -0.05) is 0 Å². The quantitative estimate of drug-likeness (QED) is 0.769. The molecule has 1 N–H and O–H groups in total. The number of aromatic nitrogens is 4. The van der Waals surface area contributed by atoms with Crippen LogP contribution in [0, 0.1) is 12.7 Å². The molecule has 0 bridgehead atoms. The number of carbonyl (C=O) groups excluding carboxylic acids is 1. The zero-order valence-electron chi connectivity index (χ0n) is 14.9. The largest absolute Gasteiger partial charge is 0.337 e. The molecule has 4 rings (SSSR count). The molecule has 3 heterocycles. The van der Waals surface area contributed by atoms with E-state index in [1.165, 1.54) is 6.07 Å². The number of piperazine rings is 1. The fourth-order valence-electron chi connectivity index (χ4n) is 3.12. The van der Waals surface area contributed by atoms with Gasteiger partial charge in [0.2, 0.25) is 5.95 Å². The van der Waals surface area contributed by atoms with Crippen LogP contribution in [0.3, 0.4) is 0 Å². The number of nitrogens with one attached hydrogen (secondary N) is 1. The van der Waals surface area contributed by atoms with Gasteiger partial charge in [0.15, 0.2) is 0 Å². The Kier molecular flexibility index (Phi) is 4.53. The van der Waals surface area contributed by atoms with Gasteiger partial charge in [0.1, 0.15) is 11.5 Å². The average molecular weight is 366 g/mol. The highest BCUT2D eigenvalue weighted by atomic mass is 19.1. The Balaban J connectivity index is 1.43. The predicted molar refractivity (Wildman–Crippen MR) is 98.9 cm³/mol. The summed E-state index contributed by atoms with van der Waals surface area (Å²) >= 11 is 0. The molecule has 27 heavy (non-hydrogen) atoms. The molecule has 1 amide bonds. The van der Waals surface area contributed by atoms with Crippen LogP contribution in [0.1, 0.15) is 16.1 Å². The zero-order chi connectivity index (χ0) is 18.8. The number of carbonyl (C=O) groups is 1. The van der Waals surface area contributed by atoms with Crippen LogP contribution >= 0.6 is 0 Å². The molecule has 0 atom stereocenters. The fourth-order valence-corrected chi connectivity index (χ4v) is 3.12. The lowest BCUT2D eigenvalue weighted by atomic mass is 10.1. The minimum absolute atomic E-state index is 0.0961. The molecule has 1 saturated heterocycles. The number of hydrogen-bond acceptors (Lipinski definition) is 5. The standard InChI is InChI=1S/C19H19FN6O/c1-13-11-14(3-4-15(13)20)16-12-17(24-23-16)18(27)25-7-9-26(10-8-25)19-21-5-2-6-22-19/h2-6,11-12H,7-10H2,1H3,(H,23,24). The van der Waals surface area contributed by atoms with Crippen molar-refractivity contribution in [2.24, 2.45) is 0 Å². The third kappa shape index (κ3) is 3.51. The summed E-state index contributed by atoms with van der Waals surface area (Å²) in [6.07, 6.45) is 3.42. The third-order valence-electron chi connectivity index (χ3n) is 4.66. The van der Waals surface area contributed by atoms with Crippen molar-refractivity contribution in [2.45, 2.75) is 6.92 Å². The molecule has 1 aliphatic heterocycles. The van der Waals surface area contributed by atoms with E-state index in [1.54, 1.807) is 48.5 Å². The first-order valence-corrected chi connectivity index (χ1v) is 8.75. The van der Waals surface area contributed by atoms with Crippen molar-refractivity contribution in [3.8, 4) is 11.3 Å². The number of amides is 1. The van der Waals surface area contributed by atoms with Crippen molar-refractivity contribution < 1.29 is 9.18 Å². The van der Waals surface area contributed by atoms with Gasteiger partial charge in [-0.3, -0.25) is 9.89 Å². The van der Waals surface area contributed by atoms with E-state index in [-0.39, 0.29) is 11.7 Å². The summed E-state index contributed by atoms with van der Waals surface area (Å²) in [7, 11) is 0. The van der Waals surface area contributed by atoms with Gasteiger partial charge in [0, 0.05) is 44.1 Å². The number of halogens is 1. The molecule has 8 heteroatoms. The van der Waals surface area contributed by atoms with Crippen molar-refractivity contribution in [1.82, 2.24) is 25.1 Å². The minimum Gasteiger partial charge on any atom is -0.337 e. The first kappa shape index (κ1) is 17.1. The van der Waals surface area contributed by atoms with Crippen LogP contribution in [0.25, 0.3) is 11.3 Å². The van der Waals surface area contributed by atoms with Crippen LogP contribution < -0.4 is 4.90 Å². The normalized spacial score (nSPS) is 14.4. The summed E-state index contributed by atoms with van der Waals surface area (Å²) in [5.41, 5.74) is 2.37. The van der Waals surface area contributed by atoms with E-state index < -0.39 is 0 Å². The lowest BCUT2D eigenvalue weighted by Crippen LogP contribution is -2.49. The highest BCUT2D eigenvalue weighted by molar-refractivity contribution is 5.93. The van der Waals surface area contributed by atoms with Crippen LogP contribution in [0.15, 0.2) is 42.7 Å². The van der Waals surface area contributed by atoms with Gasteiger partial charge in [-0.15, -0.1) is 0 Å². The van der Waals surface area contributed by atoms with Crippen molar-refractivity contribution in [3.63, 3.8) is 0 Å². The monoisotopic (exact) mass is 366 g/mol. The van der Waals surface area contributed by atoms with Crippen LogP contribution in [0.5, 0.6) is 0 Å². The first-order valence-electron chi connectivity index (χ1n) is 8.75. The van der Waals surface area contributed by atoms with E-state index in [0.29, 0.717) is 49.1 Å². The van der Waals surface area contributed by atoms with Gasteiger partial charge < -0.3 is 9.80 Å². The molecular formula is C19H19FN6O. The SMILES string of the molecule is Cc1cc(-c2cc(C(=O)N3CCN(c4ncccn4)CC3)[nH]n2)ccc1F. The van der Waals surface area contributed by atoms with E-state index >= 15 is 0 Å². The number of H-pyrrole nitrogens is 1. The van der Waals surface area contributed by atoms with Crippen molar-refractivity contribution in [2.75, 3.05) is 31.1 Å². The lowest BCUT2D eigenvalue weighted by molar-refractivity contribution is 0.0740. The molecule has 1 aliphatic rings. The minimum atomic E-state index is -0.258. The van der Waals surface area contributed by atoms with Crippen molar-refractivity contribution in [1.29, 1.82) is 0 Å². The molecule has 1 fully saturated rings. The van der Waals surface area contributed by atoms with Crippen LogP contribution in [0.2, 0.25) is 0 Å². The van der Waals surface area contributed by atoms with Gasteiger partial charge in [-0.25, -0.2) is 14.4 Å². The summed E-state index contributed by atoms with van der Waals surface area (Å²) in [6.45, 7) is 4.22. The topological polar surface area (TPSA) is 78.0 Å². The summed E-state index contributed by atoms with van der Waals surface area (Å²) in [6, 6.07) is 8.28. The average Bonchev–Trinajstić information content (AvgIpc) is 3.20. The van der Waals surface area contributed by atoms with E-state index in [9.17, 15) is 9.18 Å². The van der Waals surface area contributed by atoms with Gasteiger partial charge in [-0.2, -0.15) is 5.10 Å². The zero-order valence-corrected chi connectivity index (χ0v) is 14.9. The van der Waals surface area contributed by atoms with Crippen molar-refractivity contribution >= 4 is 11.9 Å². The number of anilines is 1. The molecule has 0 radical (unpaired) electrons. The highest BCUT2D eigenvalue weighted by Crippen LogP contribution is 2.21. The highest BCUT2D eigenvalue weighted by Gasteiger charge is 2.24. The molecule has 7 nitrogen and oxygen atoms in total. The molecule has 0 spiro atoms. The van der Waals surface area contributed by atoms with Gasteiger partial charge in [0.25, 0.3) is 5.91 Å². The second kappa shape index (κ2) is 7.14. The van der Waals surface area contributed by atoms with Gasteiger partial charge in [-0.05, 0) is 42.8 Å². The Labute approximate surface area is 155 Å². The molecule has 138 valence electrons. The summed E-state index contributed by atoms with van der Waals surface area (Å²) in [5, 5.41) is 7.02. The number of benzene rings is 1. The Morgan fingerprint density at radius 2 is 1.85 bits per heavy atom. The lowest BCUT2D eigenvalue weighted by Gasteiger charge is -2.34. The Morgan fingerprint density at radius 3 is 2.56 bits per heavy atom. The molecular weight excluding hydrogens is 347 g/mol. The Bertz CT molecular complexity index is 950. The summed E-state index contributed by atoms with van der Waals surface area (Å²) in [4.78, 5) is 25.1. The Morgan fingerprint density at radius 1 is 1.11 bits per heavy atom. The predicted octanol–water partition coefficient (Wildman–Crippen LogP) is 2.28. The van der Waals surface area contributed by atoms with E-state index in [4.69, 9.17) is 0 Å². The van der Waals surface area contributed by atoms with Gasteiger partial charge in [0.05, 0.1) is 5.69 Å². The van der Waals surface area contributed by atoms with Crippen LogP contribution in [0.4, 0.5) is 10.3 Å². The number of nitrogens with zero attached hydrogens (tertiary/aromatic N) is 5. The van der Waals surface area contributed by atoms with Crippen molar-refractivity contribution in [3.05, 3.63) is 59.8 Å². The number of aryl methyl sites for hydroxylation is 1. The second-order valence-corrected chi connectivity index (χ2v) is 6.46. The molecule has 0 aliphatic carbocycles. The summed E-state index contributed by atoms with van der Waals surface area (Å²) < 4.78 is 13.4. The maximum absolute atomic E-state index is 13.4. The Hall–Kier alpha value is -3.29. The molecule has 0 saturated carbocycles. The fraction of sp³-hybridized carbons (Fsp3) is 0.263. The smallest absolute Gasteiger partial charge is 0.272 e.